The van der Waals surface area contributed by atoms with Gasteiger partial charge in [0.25, 0.3) is 0 Å². The third-order valence-electron chi connectivity index (χ3n) is 5.49. The van der Waals surface area contributed by atoms with E-state index in [4.69, 9.17) is 4.74 Å². The molecule has 1 aliphatic rings. The van der Waals surface area contributed by atoms with Gasteiger partial charge < -0.3 is 15.0 Å². The normalized spacial score (nSPS) is 14.5. The van der Waals surface area contributed by atoms with Gasteiger partial charge in [-0.25, -0.2) is 8.78 Å². The molecule has 1 fully saturated rings. The first-order valence-corrected chi connectivity index (χ1v) is 10.2. The number of piperidine rings is 1. The molecule has 0 bridgehead atoms. The number of pyridine rings is 1. The first-order valence-electron chi connectivity index (χ1n) is 10.2. The monoisotopic (exact) mass is 409 g/mol. The maximum Gasteiger partial charge on any atom is 0.126 e. The van der Waals surface area contributed by atoms with Crippen LogP contribution >= 0.6 is 0 Å². The summed E-state index contributed by atoms with van der Waals surface area (Å²) in [6.45, 7) is 2.66. The second kappa shape index (κ2) is 9.22. The lowest BCUT2D eigenvalue weighted by Gasteiger charge is -2.36. The Morgan fingerprint density at radius 2 is 1.70 bits per heavy atom. The van der Waals surface area contributed by atoms with Crippen LogP contribution in [0.5, 0.6) is 5.75 Å². The molecule has 0 amide bonds. The Hall–Kier alpha value is -2.99. The Morgan fingerprint density at radius 3 is 2.37 bits per heavy atom. The highest BCUT2D eigenvalue weighted by Crippen LogP contribution is 2.28. The third-order valence-corrected chi connectivity index (χ3v) is 5.49. The number of ether oxygens (including phenoxy) is 1. The van der Waals surface area contributed by atoms with Crippen molar-refractivity contribution in [1.29, 1.82) is 0 Å². The molecular formula is C24H25F2N3O. The lowest BCUT2D eigenvalue weighted by Crippen LogP contribution is -2.43. The van der Waals surface area contributed by atoms with Crippen molar-refractivity contribution in [3.8, 4) is 17.0 Å². The molecule has 0 spiro atoms. The minimum Gasteiger partial charge on any atom is -0.497 e. The summed E-state index contributed by atoms with van der Waals surface area (Å²) in [6, 6.07) is 15.8. The highest BCUT2D eigenvalue weighted by atomic mass is 19.1. The molecule has 3 aromatic rings. The number of hydrogen-bond acceptors (Lipinski definition) is 4. The lowest BCUT2D eigenvalue weighted by molar-refractivity contribution is 0.413. The van der Waals surface area contributed by atoms with Gasteiger partial charge in [-0.15, -0.1) is 0 Å². The second-order valence-electron chi connectivity index (χ2n) is 7.51. The van der Waals surface area contributed by atoms with E-state index < -0.39 is 11.6 Å². The van der Waals surface area contributed by atoms with Crippen molar-refractivity contribution in [2.75, 3.05) is 25.1 Å². The lowest BCUT2D eigenvalue weighted by atomic mass is 10.0. The van der Waals surface area contributed by atoms with E-state index in [1.807, 2.05) is 24.3 Å². The van der Waals surface area contributed by atoms with E-state index in [2.05, 4.69) is 27.3 Å². The van der Waals surface area contributed by atoms with Crippen LogP contribution in [0, 0.1) is 11.6 Å². The summed E-state index contributed by atoms with van der Waals surface area (Å²) >= 11 is 0. The summed E-state index contributed by atoms with van der Waals surface area (Å²) in [6.07, 6.45) is 3.81. The first kappa shape index (κ1) is 20.3. The van der Waals surface area contributed by atoms with E-state index in [1.54, 1.807) is 13.3 Å². The Balaban J connectivity index is 1.63. The molecule has 156 valence electrons. The molecule has 1 aliphatic heterocycles. The summed E-state index contributed by atoms with van der Waals surface area (Å²) < 4.78 is 32.6. The number of anilines is 1. The van der Waals surface area contributed by atoms with Crippen molar-refractivity contribution in [1.82, 2.24) is 10.3 Å². The number of aromatic nitrogens is 1. The zero-order chi connectivity index (χ0) is 20.9. The fourth-order valence-corrected chi connectivity index (χ4v) is 3.95. The molecule has 4 rings (SSSR count). The highest BCUT2D eigenvalue weighted by Gasteiger charge is 2.22. The molecule has 0 aliphatic carbocycles. The van der Waals surface area contributed by atoms with Crippen LogP contribution in [0.3, 0.4) is 0 Å². The summed E-state index contributed by atoms with van der Waals surface area (Å²) in [5.41, 5.74) is 3.16. The molecule has 0 atom stereocenters. The van der Waals surface area contributed by atoms with Crippen LogP contribution in [0.25, 0.3) is 11.3 Å². The first-order chi connectivity index (χ1) is 14.6. The van der Waals surface area contributed by atoms with E-state index in [1.165, 1.54) is 12.1 Å². The van der Waals surface area contributed by atoms with Gasteiger partial charge in [-0.3, -0.25) is 4.98 Å². The molecule has 2 heterocycles. The smallest absolute Gasteiger partial charge is 0.126 e. The van der Waals surface area contributed by atoms with Gasteiger partial charge in [0.15, 0.2) is 0 Å². The number of halogens is 2. The molecule has 1 aromatic heterocycles. The minimum atomic E-state index is -0.605. The van der Waals surface area contributed by atoms with Gasteiger partial charge in [0.2, 0.25) is 0 Å². The van der Waals surface area contributed by atoms with Crippen LogP contribution in [0.4, 0.5) is 14.5 Å². The molecule has 0 saturated carbocycles. The third kappa shape index (κ3) is 4.76. The van der Waals surface area contributed by atoms with Crippen LogP contribution in [0.15, 0.2) is 60.8 Å². The molecule has 0 radical (unpaired) electrons. The molecular weight excluding hydrogens is 384 g/mol. The fraction of sp³-hybridized carbons (Fsp3) is 0.292. The number of hydrogen-bond donors (Lipinski definition) is 1. The standard InChI is InChI=1S/C24H25F2N3O/c1-30-23-4-2-21(3-5-23)29(22-7-9-27-10-8-22)16-17-6-11-28-24(12-17)18-13-19(25)15-20(26)14-18/h2-6,11-15,22,27H,7-10,16H2,1H3. The minimum absolute atomic E-state index is 0.405. The predicted octanol–water partition coefficient (Wildman–Crippen LogP) is 4.79. The largest absolute Gasteiger partial charge is 0.497 e. The average Bonchev–Trinajstić information content (AvgIpc) is 2.78. The fourth-order valence-electron chi connectivity index (χ4n) is 3.95. The summed E-state index contributed by atoms with van der Waals surface area (Å²) in [5, 5.41) is 3.42. The number of rotatable bonds is 6. The van der Waals surface area contributed by atoms with E-state index in [9.17, 15) is 8.78 Å². The predicted molar refractivity (Wildman–Crippen MR) is 115 cm³/mol. The van der Waals surface area contributed by atoms with Crippen LogP contribution in [0.1, 0.15) is 18.4 Å². The zero-order valence-corrected chi connectivity index (χ0v) is 16.9. The SMILES string of the molecule is COc1ccc(N(Cc2ccnc(-c3cc(F)cc(F)c3)c2)C2CCNCC2)cc1. The summed E-state index contributed by atoms with van der Waals surface area (Å²) in [7, 11) is 1.66. The molecule has 0 unspecified atom stereocenters. The van der Waals surface area contributed by atoms with E-state index in [0.29, 0.717) is 23.8 Å². The Kier molecular flexibility index (Phi) is 6.23. The Morgan fingerprint density at radius 1 is 1.00 bits per heavy atom. The molecule has 1 saturated heterocycles. The van der Waals surface area contributed by atoms with E-state index in [0.717, 1.165) is 49.0 Å². The van der Waals surface area contributed by atoms with Crippen molar-refractivity contribution >= 4 is 5.69 Å². The molecule has 4 nitrogen and oxygen atoms in total. The van der Waals surface area contributed by atoms with Crippen molar-refractivity contribution in [2.24, 2.45) is 0 Å². The molecule has 1 N–H and O–H groups in total. The van der Waals surface area contributed by atoms with Crippen molar-refractivity contribution in [2.45, 2.75) is 25.4 Å². The van der Waals surface area contributed by atoms with Crippen LogP contribution in [-0.4, -0.2) is 31.2 Å². The maximum absolute atomic E-state index is 13.7. The van der Waals surface area contributed by atoms with E-state index >= 15 is 0 Å². The van der Waals surface area contributed by atoms with Gasteiger partial charge in [0.1, 0.15) is 17.4 Å². The zero-order valence-electron chi connectivity index (χ0n) is 16.9. The van der Waals surface area contributed by atoms with Crippen LogP contribution < -0.4 is 15.0 Å². The van der Waals surface area contributed by atoms with E-state index in [-0.39, 0.29) is 0 Å². The maximum atomic E-state index is 13.7. The van der Waals surface area contributed by atoms with Gasteiger partial charge in [0, 0.05) is 36.1 Å². The van der Waals surface area contributed by atoms with Gasteiger partial charge >= 0.3 is 0 Å². The van der Waals surface area contributed by atoms with Crippen molar-refractivity contribution in [3.05, 3.63) is 78.0 Å². The van der Waals surface area contributed by atoms with Crippen LogP contribution in [-0.2, 0) is 6.54 Å². The van der Waals surface area contributed by atoms with Gasteiger partial charge in [-0.1, -0.05) is 0 Å². The van der Waals surface area contributed by atoms with Crippen LogP contribution in [0.2, 0.25) is 0 Å². The Labute approximate surface area is 175 Å². The number of methoxy groups -OCH3 is 1. The number of benzene rings is 2. The quantitative estimate of drug-likeness (QED) is 0.635. The molecule has 30 heavy (non-hydrogen) atoms. The number of nitrogens with one attached hydrogen (secondary N) is 1. The van der Waals surface area contributed by atoms with Crippen molar-refractivity contribution in [3.63, 3.8) is 0 Å². The van der Waals surface area contributed by atoms with Crippen molar-refractivity contribution < 1.29 is 13.5 Å². The van der Waals surface area contributed by atoms with Gasteiger partial charge in [-0.05, 0) is 80.0 Å². The summed E-state index contributed by atoms with van der Waals surface area (Å²) in [4.78, 5) is 6.72. The second-order valence-corrected chi connectivity index (χ2v) is 7.51. The average molecular weight is 409 g/mol. The molecule has 6 heteroatoms. The topological polar surface area (TPSA) is 37.4 Å². The Bertz CT molecular complexity index is 968. The van der Waals surface area contributed by atoms with Gasteiger partial charge in [0.05, 0.1) is 12.8 Å². The van der Waals surface area contributed by atoms with Gasteiger partial charge in [-0.2, -0.15) is 0 Å². The number of nitrogens with zero attached hydrogens (tertiary/aromatic N) is 2. The summed E-state index contributed by atoms with van der Waals surface area (Å²) in [5.74, 6) is -0.387. The highest BCUT2D eigenvalue weighted by molar-refractivity contribution is 5.60. The molecule has 2 aromatic carbocycles.